The first-order valence-corrected chi connectivity index (χ1v) is 10.4. The Labute approximate surface area is 184 Å². The normalized spacial score (nSPS) is 30.4. The van der Waals surface area contributed by atoms with E-state index in [2.05, 4.69) is 0 Å². The number of rotatable bonds is 13. The summed E-state index contributed by atoms with van der Waals surface area (Å²) in [6.45, 7) is 0.890. The minimum absolute atomic E-state index is 0.0270. The molecule has 2 fully saturated rings. The fourth-order valence-corrected chi connectivity index (χ4v) is 3.97. The van der Waals surface area contributed by atoms with Gasteiger partial charge in [-0.05, 0) is 0 Å². The third-order valence-corrected chi connectivity index (χ3v) is 5.26. The zero-order chi connectivity index (χ0) is 23.8. The summed E-state index contributed by atoms with van der Waals surface area (Å²) in [6, 6.07) is 0. The molecule has 4 atom stereocenters. The number of aliphatic carboxylic acids is 2. The molecule has 0 aromatic carbocycles. The van der Waals surface area contributed by atoms with E-state index in [0.717, 1.165) is 0 Å². The second kappa shape index (κ2) is 11.5. The number of carbonyl (C=O) groups excluding carboxylic acids is 2. The number of carboxylic acid groups (broad SMARTS) is 2. The highest BCUT2D eigenvalue weighted by molar-refractivity contribution is 5.75. The second-order valence-electron chi connectivity index (χ2n) is 8.38. The smallest absolute Gasteiger partial charge is 0.309 e. The monoisotopic (exact) mass is 462 g/mol. The van der Waals surface area contributed by atoms with Gasteiger partial charge >= 0.3 is 23.9 Å². The highest BCUT2D eigenvalue weighted by atomic mass is 16.6. The Balaban J connectivity index is 1.58. The van der Waals surface area contributed by atoms with Gasteiger partial charge in [-0.2, -0.15) is 0 Å². The predicted octanol–water partition coefficient (Wildman–Crippen LogP) is -0.377. The van der Waals surface area contributed by atoms with Gasteiger partial charge in [0.25, 0.3) is 0 Å². The van der Waals surface area contributed by atoms with Gasteiger partial charge in [0.05, 0.1) is 63.3 Å². The van der Waals surface area contributed by atoms with Crippen molar-refractivity contribution in [3.05, 3.63) is 0 Å². The summed E-state index contributed by atoms with van der Waals surface area (Å²) in [6.07, 6.45) is -2.38. The molecule has 2 aliphatic heterocycles. The topological polar surface area (TPSA) is 186 Å². The molecule has 12 heteroatoms. The molecule has 182 valence electrons. The predicted molar refractivity (Wildman–Crippen MR) is 104 cm³/mol. The third-order valence-electron chi connectivity index (χ3n) is 5.26. The molecule has 0 amide bonds. The van der Waals surface area contributed by atoms with Crippen molar-refractivity contribution in [1.82, 2.24) is 0 Å². The number of cyclic esters (lactones) is 2. The Morgan fingerprint density at radius 3 is 1.50 bits per heavy atom. The molecule has 12 nitrogen and oxygen atoms in total. The zero-order valence-corrected chi connectivity index (χ0v) is 17.7. The first-order valence-electron chi connectivity index (χ1n) is 10.4. The maximum atomic E-state index is 11.6. The third kappa shape index (κ3) is 9.07. The molecule has 0 bridgehead atoms. The van der Waals surface area contributed by atoms with E-state index in [1.54, 1.807) is 0 Å². The lowest BCUT2D eigenvalue weighted by Crippen LogP contribution is -2.45. The van der Waals surface area contributed by atoms with Gasteiger partial charge in [-0.3, -0.25) is 19.2 Å². The minimum Gasteiger partial charge on any atom is -0.481 e. The van der Waals surface area contributed by atoms with Crippen molar-refractivity contribution in [2.24, 2.45) is 0 Å². The number of carbonyl (C=O) groups is 4. The van der Waals surface area contributed by atoms with Crippen molar-refractivity contribution in [2.75, 3.05) is 26.4 Å². The average Bonchev–Trinajstić information content (AvgIpc) is 2.60. The van der Waals surface area contributed by atoms with Crippen LogP contribution in [0, 0.1) is 0 Å². The van der Waals surface area contributed by atoms with Crippen molar-refractivity contribution in [1.29, 1.82) is 0 Å². The van der Waals surface area contributed by atoms with Gasteiger partial charge in [0, 0.05) is 25.7 Å². The number of esters is 2. The zero-order valence-electron chi connectivity index (χ0n) is 17.7. The van der Waals surface area contributed by atoms with Crippen molar-refractivity contribution in [2.45, 2.75) is 74.8 Å². The average molecular weight is 462 g/mol. The minimum atomic E-state index is -1.62. The summed E-state index contributed by atoms with van der Waals surface area (Å²) < 4.78 is 21.1. The largest absolute Gasteiger partial charge is 0.481 e. The molecule has 2 aliphatic rings. The van der Waals surface area contributed by atoms with E-state index in [1.165, 1.54) is 0 Å². The number of carboxylic acids is 2. The number of aliphatic hydroxyl groups is 2. The first kappa shape index (κ1) is 26.0. The molecule has 32 heavy (non-hydrogen) atoms. The summed E-state index contributed by atoms with van der Waals surface area (Å²) in [5.41, 5.74) is -3.23. The Hall–Kier alpha value is -2.28. The van der Waals surface area contributed by atoms with Crippen LogP contribution in [0.2, 0.25) is 0 Å². The van der Waals surface area contributed by atoms with Crippen LogP contribution in [0.25, 0.3) is 0 Å². The quantitative estimate of drug-likeness (QED) is 0.206. The fraction of sp³-hybridized carbons (Fsp3) is 0.800. The lowest BCUT2D eigenvalue weighted by atomic mass is 9.86. The summed E-state index contributed by atoms with van der Waals surface area (Å²) in [5.74, 6) is -3.67. The van der Waals surface area contributed by atoms with Gasteiger partial charge in [0.15, 0.2) is 0 Å². The molecule has 0 spiro atoms. The molecular weight excluding hydrogens is 432 g/mol. The Morgan fingerprint density at radius 1 is 0.781 bits per heavy atom. The molecule has 4 unspecified atom stereocenters. The first-order chi connectivity index (χ1) is 15.0. The highest BCUT2D eigenvalue weighted by Gasteiger charge is 2.42. The summed E-state index contributed by atoms with van der Waals surface area (Å²) >= 11 is 0. The van der Waals surface area contributed by atoms with Gasteiger partial charge in [-0.15, -0.1) is 0 Å². The van der Waals surface area contributed by atoms with Crippen LogP contribution >= 0.6 is 0 Å². The van der Waals surface area contributed by atoms with E-state index in [-0.39, 0.29) is 52.1 Å². The van der Waals surface area contributed by atoms with E-state index >= 15 is 0 Å². The van der Waals surface area contributed by atoms with Gasteiger partial charge in [0.2, 0.25) is 0 Å². The van der Waals surface area contributed by atoms with E-state index < -0.39 is 60.1 Å². The van der Waals surface area contributed by atoms with Crippen LogP contribution in [0.4, 0.5) is 0 Å². The van der Waals surface area contributed by atoms with Crippen LogP contribution in [0.3, 0.4) is 0 Å². The number of ether oxygens (including phenoxy) is 4. The summed E-state index contributed by atoms with van der Waals surface area (Å²) in [7, 11) is 0. The van der Waals surface area contributed by atoms with Crippen LogP contribution in [0.1, 0.15) is 51.4 Å². The Kier molecular flexibility index (Phi) is 9.37. The van der Waals surface area contributed by atoms with E-state index in [1.807, 2.05) is 0 Å². The van der Waals surface area contributed by atoms with Gasteiger partial charge in [-0.25, -0.2) is 0 Å². The molecule has 2 heterocycles. The lowest BCUT2D eigenvalue weighted by molar-refractivity contribution is -0.177. The number of hydrogen-bond acceptors (Lipinski definition) is 10. The summed E-state index contributed by atoms with van der Waals surface area (Å²) in [4.78, 5) is 44.9. The maximum Gasteiger partial charge on any atom is 0.309 e. The van der Waals surface area contributed by atoms with E-state index in [4.69, 9.17) is 29.2 Å². The molecule has 0 aromatic rings. The van der Waals surface area contributed by atoms with Gasteiger partial charge < -0.3 is 39.4 Å². The molecular formula is C20H30O12. The van der Waals surface area contributed by atoms with Crippen molar-refractivity contribution >= 4 is 23.9 Å². The van der Waals surface area contributed by atoms with Crippen LogP contribution in [-0.2, 0) is 38.1 Å². The van der Waals surface area contributed by atoms with E-state index in [0.29, 0.717) is 12.8 Å². The van der Waals surface area contributed by atoms with Crippen LogP contribution in [0.5, 0.6) is 0 Å². The molecule has 4 N–H and O–H groups in total. The fourth-order valence-electron chi connectivity index (χ4n) is 3.97. The molecule has 0 aromatic heterocycles. The van der Waals surface area contributed by atoms with Crippen molar-refractivity contribution in [3.63, 3.8) is 0 Å². The van der Waals surface area contributed by atoms with Crippen molar-refractivity contribution in [3.8, 4) is 0 Å². The lowest BCUT2D eigenvalue weighted by Gasteiger charge is -2.35. The molecule has 0 aliphatic carbocycles. The van der Waals surface area contributed by atoms with Crippen LogP contribution in [-0.4, -0.2) is 94.1 Å². The Morgan fingerprint density at radius 2 is 1.16 bits per heavy atom. The summed E-state index contributed by atoms with van der Waals surface area (Å²) in [5, 5.41) is 38.3. The standard InChI is InChI=1S/C20H30O12/c21-15(22)9-19(27)7-13(31-17(25)11-19)1-3-29-5-6-30-4-2-14-8-20(28,10-16(23)24)12-18(26)32-14/h13-14,27-28H,1-12H2,(H,21,22)(H,23,24). The second-order valence-corrected chi connectivity index (χ2v) is 8.38. The van der Waals surface area contributed by atoms with Crippen molar-refractivity contribution < 1.29 is 58.6 Å². The van der Waals surface area contributed by atoms with E-state index in [9.17, 15) is 29.4 Å². The maximum absolute atomic E-state index is 11.6. The molecule has 2 saturated heterocycles. The molecule has 0 radical (unpaired) electrons. The van der Waals surface area contributed by atoms with Gasteiger partial charge in [-0.1, -0.05) is 0 Å². The van der Waals surface area contributed by atoms with Crippen LogP contribution in [0.15, 0.2) is 0 Å². The SMILES string of the molecule is O=C(O)CC1(O)CC(=O)OC(CCOCCOCCC2CC(O)(CC(=O)O)CC(=O)O2)C1. The highest BCUT2D eigenvalue weighted by Crippen LogP contribution is 2.31. The van der Waals surface area contributed by atoms with Gasteiger partial charge in [0.1, 0.15) is 12.2 Å². The van der Waals surface area contributed by atoms with Crippen LogP contribution < -0.4 is 0 Å². The Bertz CT molecular complexity index is 628. The number of hydrogen-bond donors (Lipinski definition) is 4. The molecule has 0 saturated carbocycles. The molecule has 2 rings (SSSR count).